The molecule has 25 heavy (non-hydrogen) atoms. The van der Waals surface area contributed by atoms with Gasteiger partial charge in [0.25, 0.3) is 0 Å². The van der Waals surface area contributed by atoms with Crippen LogP contribution < -0.4 is 10.6 Å². The molecule has 0 radical (unpaired) electrons. The Labute approximate surface area is 152 Å². The fourth-order valence-electron chi connectivity index (χ4n) is 2.69. The molecule has 130 valence electrons. The smallest absolute Gasteiger partial charge is 0.171 e. The minimum absolute atomic E-state index is 0.578. The lowest BCUT2D eigenvalue weighted by Gasteiger charge is -2.10. The van der Waals surface area contributed by atoms with E-state index in [4.69, 9.17) is 12.2 Å². The van der Waals surface area contributed by atoms with Crippen molar-refractivity contribution < 1.29 is 0 Å². The van der Waals surface area contributed by atoms with Crippen LogP contribution in [0.25, 0.3) is 0 Å². The van der Waals surface area contributed by atoms with Gasteiger partial charge in [0.15, 0.2) is 5.11 Å². The number of thiocarbonyl (C=S) groups is 1. The third-order valence-electron chi connectivity index (χ3n) is 4.01. The molecule has 3 aromatic rings. The summed E-state index contributed by atoms with van der Waals surface area (Å²) < 4.78 is 3.77. The highest BCUT2D eigenvalue weighted by Gasteiger charge is 2.13. The molecular weight excluding hydrogens is 332 g/mol. The minimum Gasteiger partial charge on any atom is -0.358 e. The Hall–Kier alpha value is -2.67. The Kier molecular flexibility index (Phi) is 5.14. The number of aryl methyl sites for hydroxylation is 2. The molecular formula is C18H22N6S. The predicted octanol–water partition coefficient (Wildman–Crippen LogP) is 2.77. The number of aromatic nitrogens is 4. The van der Waals surface area contributed by atoms with Gasteiger partial charge < -0.3 is 10.6 Å². The molecule has 2 heterocycles. The zero-order chi connectivity index (χ0) is 17.8. The second kappa shape index (κ2) is 7.48. The van der Waals surface area contributed by atoms with Crippen LogP contribution in [0.5, 0.6) is 0 Å². The zero-order valence-corrected chi connectivity index (χ0v) is 15.5. The van der Waals surface area contributed by atoms with Gasteiger partial charge >= 0.3 is 0 Å². The highest BCUT2D eigenvalue weighted by molar-refractivity contribution is 7.80. The number of hydrogen-bond acceptors (Lipinski definition) is 3. The Bertz CT molecular complexity index is 865. The normalized spacial score (nSPS) is 10.7. The first-order chi connectivity index (χ1) is 12.0. The predicted molar refractivity (Wildman–Crippen MR) is 104 cm³/mol. The van der Waals surface area contributed by atoms with Gasteiger partial charge in [-0.3, -0.25) is 9.36 Å². The number of benzene rings is 1. The fourth-order valence-corrected chi connectivity index (χ4v) is 2.87. The maximum Gasteiger partial charge on any atom is 0.171 e. The van der Waals surface area contributed by atoms with Crippen molar-refractivity contribution in [3.05, 3.63) is 65.2 Å². The van der Waals surface area contributed by atoms with Gasteiger partial charge in [-0.15, -0.1) is 0 Å². The van der Waals surface area contributed by atoms with E-state index < -0.39 is 0 Å². The summed E-state index contributed by atoms with van der Waals surface area (Å²) in [7, 11) is 1.90. The lowest BCUT2D eigenvalue weighted by atomic mass is 10.2. The van der Waals surface area contributed by atoms with E-state index in [1.807, 2.05) is 49.2 Å². The first kappa shape index (κ1) is 17.2. The zero-order valence-electron chi connectivity index (χ0n) is 14.7. The van der Waals surface area contributed by atoms with Gasteiger partial charge in [0.1, 0.15) is 0 Å². The monoisotopic (exact) mass is 354 g/mol. The van der Waals surface area contributed by atoms with Crippen molar-refractivity contribution in [3.63, 3.8) is 0 Å². The highest BCUT2D eigenvalue weighted by Crippen LogP contribution is 2.20. The Morgan fingerprint density at radius 1 is 1.16 bits per heavy atom. The van der Waals surface area contributed by atoms with Crippen LogP contribution in [0.2, 0.25) is 0 Å². The molecule has 3 rings (SSSR count). The molecule has 0 fully saturated rings. The van der Waals surface area contributed by atoms with Crippen molar-refractivity contribution in [2.24, 2.45) is 7.05 Å². The van der Waals surface area contributed by atoms with E-state index in [0.29, 0.717) is 11.7 Å². The molecule has 0 aliphatic heterocycles. The second-order valence-electron chi connectivity index (χ2n) is 6.02. The Balaban J connectivity index is 1.65. The summed E-state index contributed by atoms with van der Waals surface area (Å²) in [5.74, 6) is 0. The lowest BCUT2D eigenvalue weighted by molar-refractivity contribution is 0.659. The summed E-state index contributed by atoms with van der Waals surface area (Å²) in [6, 6.07) is 10.3. The Morgan fingerprint density at radius 3 is 2.60 bits per heavy atom. The second-order valence-corrected chi connectivity index (χ2v) is 6.43. The van der Waals surface area contributed by atoms with Crippen molar-refractivity contribution in [1.82, 2.24) is 24.9 Å². The number of rotatable bonds is 5. The summed E-state index contributed by atoms with van der Waals surface area (Å²) >= 11 is 5.41. The molecule has 1 aromatic carbocycles. The molecule has 6 nitrogen and oxygen atoms in total. The third kappa shape index (κ3) is 4.24. The van der Waals surface area contributed by atoms with Crippen molar-refractivity contribution in [2.45, 2.75) is 26.9 Å². The van der Waals surface area contributed by atoms with Gasteiger partial charge in [-0.1, -0.05) is 30.3 Å². The Morgan fingerprint density at radius 2 is 1.92 bits per heavy atom. The number of anilines is 1. The van der Waals surface area contributed by atoms with Crippen LogP contribution in [-0.2, 0) is 20.1 Å². The quantitative estimate of drug-likeness (QED) is 0.690. The number of nitrogens with zero attached hydrogens (tertiary/aromatic N) is 4. The van der Waals surface area contributed by atoms with Crippen molar-refractivity contribution in [1.29, 1.82) is 0 Å². The van der Waals surface area contributed by atoms with E-state index >= 15 is 0 Å². The van der Waals surface area contributed by atoms with Crippen molar-refractivity contribution in [3.8, 4) is 0 Å². The summed E-state index contributed by atoms with van der Waals surface area (Å²) in [5.41, 5.74) is 5.25. The molecule has 2 N–H and O–H groups in total. The van der Waals surface area contributed by atoms with E-state index in [1.54, 1.807) is 4.68 Å². The first-order valence-corrected chi connectivity index (χ1v) is 8.54. The van der Waals surface area contributed by atoms with Crippen LogP contribution in [0.1, 0.15) is 22.5 Å². The van der Waals surface area contributed by atoms with Crippen LogP contribution in [0.3, 0.4) is 0 Å². The fraction of sp³-hybridized carbons (Fsp3) is 0.278. The van der Waals surface area contributed by atoms with Crippen LogP contribution in [-0.4, -0.2) is 24.7 Å². The third-order valence-corrected chi connectivity index (χ3v) is 4.25. The summed E-state index contributed by atoms with van der Waals surface area (Å²) in [4.78, 5) is 0. The first-order valence-electron chi connectivity index (χ1n) is 8.13. The lowest BCUT2D eigenvalue weighted by Crippen LogP contribution is -2.28. The van der Waals surface area contributed by atoms with E-state index in [1.165, 1.54) is 5.56 Å². The molecule has 0 saturated carbocycles. The van der Waals surface area contributed by atoms with E-state index in [2.05, 4.69) is 39.9 Å². The molecule has 0 unspecified atom stereocenters. The molecule has 0 aliphatic carbocycles. The van der Waals surface area contributed by atoms with E-state index in [9.17, 15) is 0 Å². The molecule has 0 bridgehead atoms. The van der Waals surface area contributed by atoms with E-state index in [-0.39, 0.29) is 0 Å². The summed E-state index contributed by atoms with van der Waals surface area (Å²) in [6.45, 7) is 5.41. The van der Waals surface area contributed by atoms with Crippen molar-refractivity contribution in [2.75, 3.05) is 5.32 Å². The molecule has 0 saturated heterocycles. The topological polar surface area (TPSA) is 59.7 Å². The van der Waals surface area contributed by atoms with Gasteiger partial charge in [-0.2, -0.15) is 10.2 Å². The SMILES string of the molecule is Cc1nn(Cc2ccccc2)c(C)c1NC(=S)NCc1cnn(C)c1. The van der Waals surface area contributed by atoms with Gasteiger partial charge in [-0.25, -0.2) is 0 Å². The number of hydrogen-bond donors (Lipinski definition) is 2. The van der Waals surface area contributed by atoms with Gasteiger partial charge in [0.05, 0.1) is 29.8 Å². The highest BCUT2D eigenvalue weighted by atomic mass is 32.1. The average Bonchev–Trinajstić information content (AvgIpc) is 3.12. The summed E-state index contributed by atoms with van der Waals surface area (Å²) in [6.07, 6.45) is 3.79. The van der Waals surface area contributed by atoms with Crippen molar-refractivity contribution >= 4 is 23.0 Å². The van der Waals surface area contributed by atoms with Gasteiger partial charge in [-0.05, 0) is 31.6 Å². The number of nitrogens with one attached hydrogen (secondary N) is 2. The van der Waals surface area contributed by atoms with Gasteiger partial charge in [0, 0.05) is 25.4 Å². The van der Waals surface area contributed by atoms with Crippen LogP contribution in [0.15, 0.2) is 42.7 Å². The molecule has 0 atom stereocenters. The average molecular weight is 354 g/mol. The van der Waals surface area contributed by atoms with Crippen LogP contribution >= 0.6 is 12.2 Å². The minimum atomic E-state index is 0.578. The van der Waals surface area contributed by atoms with Gasteiger partial charge in [0.2, 0.25) is 0 Å². The molecule has 2 aromatic heterocycles. The molecule has 0 aliphatic rings. The van der Waals surface area contributed by atoms with Crippen LogP contribution in [0.4, 0.5) is 5.69 Å². The van der Waals surface area contributed by atoms with Crippen LogP contribution in [0, 0.1) is 13.8 Å². The standard InChI is InChI=1S/C18H22N6S/c1-13-17(21-18(25)19-9-16-10-20-23(3)11-16)14(2)24(22-13)12-15-7-5-4-6-8-15/h4-8,10-11H,9,12H2,1-3H3,(H2,19,21,25). The molecule has 0 spiro atoms. The molecule has 7 heteroatoms. The summed E-state index contributed by atoms with van der Waals surface area (Å²) in [5, 5.41) is 15.8. The largest absolute Gasteiger partial charge is 0.358 e. The maximum absolute atomic E-state index is 5.41. The molecule has 0 amide bonds. The van der Waals surface area contributed by atoms with E-state index in [0.717, 1.165) is 29.2 Å². The maximum atomic E-state index is 5.41.